The third kappa shape index (κ3) is 4.66. The van der Waals surface area contributed by atoms with E-state index in [2.05, 4.69) is 29.4 Å². The maximum absolute atomic E-state index is 12.8. The topological polar surface area (TPSA) is 61.4 Å². The quantitative estimate of drug-likeness (QED) is 0.803. The van der Waals surface area contributed by atoms with Gasteiger partial charge in [0.05, 0.1) is 12.1 Å². The minimum Gasteiger partial charge on any atom is -0.351 e. The highest BCUT2D eigenvalue weighted by Crippen LogP contribution is 2.38. The van der Waals surface area contributed by atoms with Gasteiger partial charge in [-0.15, -0.1) is 0 Å². The van der Waals surface area contributed by atoms with Crippen LogP contribution in [-0.4, -0.2) is 48.4 Å². The Hall–Kier alpha value is -2.09. The van der Waals surface area contributed by atoms with Crippen LogP contribution in [0.2, 0.25) is 0 Å². The Morgan fingerprint density at radius 2 is 1.96 bits per heavy atom. The fourth-order valence-electron chi connectivity index (χ4n) is 4.26. The number of likely N-dealkylation sites (tertiary alicyclic amines) is 1. The van der Waals surface area contributed by atoms with Gasteiger partial charge in [-0.25, -0.2) is 0 Å². The van der Waals surface area contributed by atoms with Crippen LogP contribution in [0.4, 0.5) is 13.2 Å². The maximum Gasteiger partial charge on any atom is 0.416 e. The van der Waals surface area contributed by atoms with Crippen molar-refractivity contribution >= 4 is 11.8 Å². The number of hydrogen-bond acceptors (Lipinski definition) is 3. The number of carbonyl (C=O) groups is 2. The average molecular weight is 397 g/mol. The normalized spacial score (nSPS) is 25.0. The van der Waals surface area contributed by atoms with Crippen LogP contribution >= 0.6 is 0 Å². The molecule has 0 spiro atoms. The number of alkyl halides is 3. The molecule has 0 aromatic heterocycles. The molecule has 1 heterocycles. The van der Waals surface area contributed by atoms with Gasteiger partial charge in [0.25, 0.3) is 5.91 Å². The summed E-state index contributed by atoms with van der Waals surface area (Å²) in [5.41, 5.74) is -1.01. The number of amides is 2. The zero-order chi connectivity index (χ0) is 20.5. The van der Waals surface area contributed by atoms with E-state index in [1.54, 1.807) is 0 Å². The summed E-state index contributed by atoms with van der Waals surface area (Å²) in [5.74, 6) is 0.00397. The number of hydrogen-bond donors (Lipinski definition) is 2. The fourth-order valence-corrected chi connectivity index (χ4v) is 4.26. The number of fused-ring (bicyclic) bond motifs is 1. The first-order valence-electron chi connectivity index (χ1n) is 9.64. The monoisotopic (exact) mass is 397 g/mol. The van der Waals surface area contributed by atoms with Gasteiger partial charge >= 0.3 is 6.18 Å². The predicted molar refractivity (Wildman–Crippen MR) is 98.6 cm³/mol. The van der Waals surface area contributed by atoms with Crippen molar-refractivity contribution in [1.29, 1.82) is 0 Å². The number of carbonyl (C=O) groups excluding carboxylic acids is 2. The summed E-state index contributed by atoms with van der Waals surface area (Å²) in [7, 11) is 0. The molecule has 3 rings (SSSR count). The van der Waals surface area contributed by atoms with Crippen molar-refractivity contribution in [2.45, 2.75) is 44.9 Å². The summed E-state index contributed by atoms with van der Waals surface area (Å²) < 4.78 is 38.3. The van der Waals surface area contributed by atoms with E-state index in [-0.39, 0.29) is 24.1 Å². The molecule has 1 saturated heterocycles. The van der Waals surface area contributed by atoms with Gasteiger partial charge in [0.15, 0.2) is 0 Å². The molecule has 1 aliphatic carbocycles. The van der Waals surface area contributed by atoms with Crippen LogP contribution in [0.25, 0.3) is 0 Å². The highest BCUT2D eigenvalue weighted by molar-refractivity contribution is 5.96. The Balaban J connectivity index is 1.50. The molecule has 2 aliphatic rings. The van der Waals surface area contributed by atoms with E-state index in [4.69, 9.17) is 0 Å². The first-order chi connectivity index (χ1) is 13.1. The number of halogens is 3. The molecule has 0 bridgehead atoms. The Morgan fingerprint density at radius 1 is 1.21 bits per heavy atom. The van der Waals surface area contributed by atoms with E-state index in [1.807, 2.05) is 0 Å². The molecule has 1 aromatic rings. The summed E-state index contributed by atoms with van der Waals surface area (Å²) in [6.45, 7) is 6.09. The van der Waals surface area contributed by atoms with Crippen molar-refractivity contribution in [3.63, 3.8) is 0 Å². The minimum atomic E-state index is -4.52. The Kier molecular flexibility index (Phi) is 5.98. The number of benzene rings is 1. The molecule has 1 saturated carbocycles. The van der Waals surface area contributed by atoms with Gasteiger partial charge in [0.2, 0.25) is 5.91 Å². The molecule has 0 radical (unpaired) electrons. The molecule has 3 unspecified atom stereocenters. The van der Waals surface area contributed by atoms with Crippen molar-refractivity contribution in [2.24, 2.45) is 11.8 Å². The molecule has 2 fully saturated rings. The number of nitrogens with zero attached hydrogens (tertiary/aromatic N) is 1. The van der Waals surface area contributed by atoms with Crippen LogP contribution in [0.1, 0.15) is 42.6 Å². The predicted octanol–water partition coefficient (Wildman–Crippen LogP) is 2.67. The summed E-state index contributed by atoms with van der Waals surface area (Å²) in [4.78, 5) is 26.8. The van der Waals surface area contributed by atoms with Crippen LogP contribution in [0.3, 0.4) is 0 Å². The molecule has 2 N–H and O–H groups in total. The molecule has 1 aliphatic heterocycles. The van der Waals surface area contributed by atoms with Crippen LogP contribution in [0, 0.1) is 11.8 Å². The zero-order valence-corrected chi connectivity index (χ0v) is 16.1. The average Bonchev–Trinajstić information content (AvgIpc) is 3.21. The second-order valence-corrected chi connectivity index (χ2v) is 7.98. The Bertz CT molecular complexity index is 736. The van der Waals surface area contributed by atoms with Crippen molar-refractivity contribution < 1.29 is 22.8 Å². The van der Waals surface area contributed by atoms with Gasteiger partial charge in [-0.1, -0.05) is 6.07 Å². The van der Waals surface area contributed by atoms with Gasteiger partial charge < -0.3 is 15.5 Å². The maximum atomic E-state index is 12.8. The van der Waals surface area contributed by atoms with Gasteiger partial charge in [-0.3, -0.25) is 9.59 Å². The fraction of sp³-hybridized carbons (Fsp3) is 0.600. The van der Waals surface area contributed by atoms with Gasteiger partial charge in [0.1, 0.15) is 0 Å². The summed E-state index contributed by atoms with van der Waals surface area (Å²) in [6.07, 6.45) is -2.51. The highest BCUT2D eigenvalue weighted by atomic mass is 19.4. The van der Waals surface area contributed by atoms with E-state index >= 15 is 0 Å². The minimum absolute atomic E-state index is 0.0895. The molecule has 3 atom stereocenters. The largest absolute Gasteiger partial charge is 0.416 e. The highest BCUT2D eigenvalue weighted by Gasteiger charge is 2.43. The van der Waals surface area contributed by atoms with Gasteiger partial charge in [0, 0.05) is 30.7 Å². The lowest BCUT2D eigenvalue weighted by atomic mass is 9.98. The lowest BCUT2D eigenvalue weighted by molar-refractivity contribution is -0.137. The van der Waals surface area contributed by atoms with Gasteiger partial charge in [-0.05, 0) is 56.7 Å². The van der Waals surface area contributed by atoms with Crippen molar-refractivity contribution in [3.05, 3.63) is 35.4 Å². The second kappa shape index (κ2) is 8.11. The van der Waals surface area contributed by atoms with E-state index in [0.29, 0.717) is 17.9 Å². The third-order valence-corrected chi connectivity index (χ3v) is 5.82. The molecule has 5 nitrogen and oxygen atoms in total. The van der Waals surface area contributed by atoms with Crippen molar-refractivity contribution in [2.75, 3.05) is 19.6 Å². The van der Waals surface area contributed by atoms with E-state index in [1.165, 1.54) is 12.1 Å². The second-order valence-electron chi connectivity index (χ2n) is 7.98. The smallest absolute Gasteiger partial charge is 0.351 e. The number of rotatable bonds is 5. The molecular weight excluding hydrogens is 371 g/mol. The summed E-state index contributed by atoms with van der Waals surface area (Å²) >= 11 is 0. The molecule has 2 amide bonds. The molecule has 8 heteroatoms. The van der Waals surface area contributed by atoms with Crippen LogP contribution < -0.4 is 10.6 Å². The molecule has 154 valence electrons. The Morgan fingerprint density at radius 3 is 2.64 bits per heavy atom. The lowest BCUT2D eigenvalue weighted by Gasteiger charge is -2.24. The van der Waals surface area contributed by atoms with Crippen molar-refractivity contribution in [3.8, 4) is 0 Å². The van der Waals surface area contributed by atoms with Gasteiger partial charge in [-0.2, -0.15) is 13.2 Å². The summed E-state index contributed by atoms with van der Waals surface area (Å²) in [5, 5.41) is 5.40. The molecule has 1 aromatic carbocycles. The van der Waals surface area contributed by atoms with Crippen LogP contribution in [0.5, 0.6) is 0 Å². The number of nitrogens with one attached hydrogen (secondary N) is 2. The Labute approximate surface area is 162 Å². The van der Waals surface area contributed by atoms with E-state index < -0.39 is 17.6 Å². The zero-order valence-electron chi connectivity index (χ0n) is 16.1. The van der Waals surface area contributed by atoms with Crippen molar-refractivity contribution in [1.82, 2.24) is 15.5 Å². The lowest BCUT2D eigenvalue weighted by Crippen LogP contribution is -2.44. The SMILES string of the molecule is CC(C)N1CC2CCC(NC(=O)CNC(=O)c3cccc(C(F)(F)F)c3)C2C1. The molecule has 28 heavy (non-hydrogen) atoms. The molecular formula is C20H26F3N3O2. The van der Waals surface area contributed by atoms with E-state index in [0.717, 1.165) is 38.1 Å². The first kappa shape index (κ1) is 20.6. The van der Waals surface area contributed by atoms with Crippen LogP contribution in [0.15, 0.2) is 24.3 Å². The van der Waals surface area contributed by atoms with Crippen LogP contribution in [-0.2, 0) is 11.0 Å². The van der Waals surface area contributed by atoms with E-state index in [9.17, 15) is 22.8 Å². The first-order valence-corrected chi connectivity index (χ1v) is 9.64. The summed E-state index contributed by atoms with van der Waals surface area (Å²) in [6, 6.07) is 4.73. The standard InChI is InChI=1S/C20H26F3N3O2/c1-12(2)26-10-14-6-7-17(16(14)11-26)25-18(27)9-24-19(28)13-4-3-5-15(8-13)20(21,22)23/h3-5,8,12,14,16-17H,6-7,9-11H2,1-2H3,(H,24,28)(H,25,27). The third-order valence-electron chi connectivity index (χ3n) is 5.82.